The molecule has 9 nitrogen and oxygen atoms in total. The van der Waals surface area contributed by atoms with Crippen molar-refractivity contribution in [2.75, 3.05) is 30.3 Å². The normalized spacial score (nSPS) is 14.2. The number of anilines is 2. The first-order valence-corrected chi connectivity index (χ1v) is 13.6. The van der Waals surface area contributed by atoms with Gasteiger partial charge in [-0.05, 0) is 74.0 Å². The highest BCUT2D eigenvalue weighted by atomic mass is 35.5. The minimum Gasteiger partial charge on any atom is -0.442 e. The van der Waals surface area contributed by atoms with Crippen LogP contribution in [0.4, 0.5) is 11.5 Å². The number of benzene rings is 2. The zero-order chi connectivity index (χ0) is 27.1. The zero-order valence-corrected chi connectivity index (χ0v) is 22.4. The molecule has 4 rings (SSSR count). The van der Waals surface area contributed by atoms with Crippen LogP contribution in [0.15, 0.2) is 60.8 Å². The minimum absolute atomic E-state index is 0.146. The molecule has 12 heteroatoms. The molecule has 1 fully saturated rings. The summed E-state index contributed by atoms with van der Waals surface area (Å²) in [4.78, 5) is 43.8. The number of halogens is 2. The summed E-state index contributed by atoms with van der Waals surface area (Å²) in [5.41, 5.74) is 1.28. The average molecular weight is 573 g/mol. The molecule has 38 heavy (non-hydrogen) atoms. The van der Waals surface area contributed by atoms with Crippen LogP contribution >= 0.6 is 23.2 Å². The van der Waals surface area contributed by atoms with Gasteiger partial charge in [-0.1, -0.05) is 35.3 Å². The fourth-order valence-corrected chi connectivity index (χ4v) is 4.83. The van der Waals surface area contributed by atoms with Crippen molar-refractivity contribution < 1.29 is 18.6 Å². The van der Waals surface area contributed by atoms with Crippen molar-refractivity contribution in [2.45, 2.75) is 12.8 Å². The topological polar surface area (TPSA) is 121 Å². The molecule has 1 saturated heterocycles. The molecular weight excluding hydrogens is 549 g/mol. The molecule has 1 aliphatic heterocycles. The Hall–Kier alpha value is -3.44. The summed E-state index contributed by atoms with van der Waals surface area (Å²) in [6.45, 7) is 1.96. The zero-order valence-electron chi connectivity index (χ0n) is 20.1. The van der Waals surface area contributed by atoms with E-state index in [9.17, 15) is 18.6 Å². The van der Waals surface area contributed by atoms with Crippen molar-refractivity contribution in [3.05, 3.63) is 87.5 Å². The van der Waals surface area contributed by atoms with Crippen LogP contribution in [0.3, 0.4) is 0 Å². The van der Waals surface area contributed by atoms with E-state index in [-0.39, 0.29) is 29.5 Å². The van der Waals surface area contributed by atoms with E-state index in [1.54, 1.807) is 42.5 Å². The lowest BCUT2D eigenvalue weighted by molar-refractivity contribution is -0.120. The molecule has 0 bridgehead atoms. The number of nitrogens with zero attached hydrogens (tertiary/aromatic N) is 2. The molecular formula is C26H24Cl2N5O4S-. The van der Waals surface area contributed by atoms with E-state index >= 15 is 0 Å². The second-order valence-electron chi connectivity index (χ2n) is 8.51. The predicted octanol–water partition coefficient (Wildman–Crippen LogP) is 4.13. The van der Waals surface area contributed by atoms with E-state index in [1.807, 2.05) is 4.90 Å². The Bertz CT molecular complexity index is 1420. The Kier molecular flexibility index (Phi) is 9.35. The summed E-state index contributed by atoms with van der Waals surface area (Å²) < 4.78 is 14.8. The van der Waals surface area contributed by atoms with Gasteiger partial charge >= 0.3 is 0 Å². The number of carbonyl (C=O) groups excluding carboxylic acids is 3. The van der Waals surface area contributed by atoms with E-state index < -0.39 is 22.4 Å². The van der Waals surface area contributed by atoms with Crippen LogP contribution in [-0.4, -0.2) is 52.6 Å². The number of pyridine rings is 1. The van der Waals surface area contributed by atoms with Gasteiger partial charge in [0.2, 0.25) is 5.91 Å². The van der Waals surface area contributed by atoms with E-state index in [1.165, 1.54) is 23.7 Å². The maximum Gasteiger partial charge on any atom is 0.258 e. The first-order valence-electron chi connectivity index (χ1n) is 11.7. The number of amides is 3. The lowest BCUT2D eigenvalue weighted by atomic mass is 10.1. The summed E-state index contributed by atoms with van der Waals surface area (Å²) in [5, 5.41) is 7.50. The third-order valence-corrected chi connectivity index (χ3v) is 7.01. The number of rotatable bonds is 8. The summed E-state index contributed by atoms with van der Waals surface area (Å²) in [6, 6.07) is 14.0. The maximum atomic E-state index is 12.9. The highest BCUT2D eigenvalue weighted by molar-refractivity contribution is 7.82. The summed E-state index contributed by atoms with van der Waals surface area (Å²) in [5.74, 6) is -0.991. The molecule has 3 amide bonds. The van der Waals surface area contributed by atoms with Gasteiger partial charge in [0, 0.05) is 16.8 Å². The molecule has 3 aromatic rings. The second-order valence-corrected chi connectivity index (χ2v) is 10.4. The van der Waals surface area contributed by atoms with Crippen molar-refractivity contribution in [3.63, 3.8) is 0 Å². The third kappa shape index (κ3) is 7.78. The lowest BCUT2D eigenvalue weighted by Crippen LogP contribution is -2.35. The number of hydrogen-bond donors (Lipinski definition) is 3. The molecule has 0 saturated carbocycles. The van der Waals surface area contributed by atoms with Crippen LogP contribution in [0.5, 0.6) is 0 Å². The molecule has 1 aliphatic rings. The summed E-state index contributed by atoms with van der Waals surface area (Å²) in [7, 11) is -1.70. The third-order valence-electron chi connectivity index (χ3n) is 5.64. The number of likely N-dealkylation sites (tertiary alicyclic amines) is 1. The van der Waals surface area contributed by atoms with Crippen LogP contribution in [0.25, 0.3) is 0 Å². The molecule has 0 atom stereocenters. The van der Waals surface area contributed by atoms with E-state index in [0.29, 0.717) is 21.2 Å². The number of nitrogens with one attached hydrogen (secondary N) is 3. The molecule has 0 unspecified atom stereocenters. The van der Waals surface area contributed by atoms with Gasteiger partial charge in [0.1, 0.15) is 5.82 Å². The van der Waals surface area contributed by atoms with Gasteiger partial charge in [-0.2, -0.15) is 10.6 Å². The van der Waals surface area contributed by atoms with Crippen molar-refractivity contribution in [1.29, 1.82) is 0 Å². The maximum absolute atomic E-state index is 12.9. The average Bonchev–Trinajstić information content (AvgIpc) is 3.39. The fourth-order valence-electron chi connectivity index (χ4n) is 3.80. The van der Waals surface area contributed by atoms with Crippen molar-refractivity contribution in [1.82, 2.24) is 14.6 Å². The van der Waals surface area contributed by atoms with Crippen LogP contribution in [0.2, 0.25) is 10.0 Å². The van der Waals surface area contributed by atoms with Gasteiger partial charge in [0.25, 0.3) is 11.8 Å². The highest BCUT2D eigenvalue weighted by Gasteiger charge is 2.16. The summed E-state index contributed by atoms with van der Waals surface area (Å²) in [6.07, 6.45) is 3.53. The standard InChI is InChI=1S/C26H24Cl2N5O4S/c27-19-7-9-22(21(13-19)26(36)31-23-10-8-20(28)14-29-23)30-25(35)18-5-3-17(4-6-18)16-38(37)32-24(34)15-33-11-1-2-12-33/h3-10,13-14,16H,1-2,11-12,15H2,(H,30,35)(H,29,31,36)(H,32,34,37)/q-1. The van der Waals surface area contributed by atoms with Gasteiger partial charge in [0.15, 0.2) is 0 Å². The highest BCUT2D eigenvalue weighted by Crippen LogP contribution is 2.23. The first kappa shape index (κ1) is 27.6. The van der Waals surface area contributed by atoms with Gasteiger partial charge in [-0.25, -0.2) is 4.98 Å². The van der Waals surface area contributed by atoms with Crippen LogP contribution in [0.1, 0.15) is 39.1 Å². The predicted molar refractivity (Wildman–Crippen MR) is 150 cm³/mol. The Labute approximate surface area is 231 Å². The van der Waals surface area contributed by atoms with Crippen LogP contribution < -0.4 is 15.4 Å². The van der Waals surface area contributed by atoms with E-state index in [2.05, 4.69) is 20.3 Å². The van der Waals surface area contributed by atoms with Crippen molar-refractivity contribution >= 4 is 68.4 Å². The van der Waals surface area contributed by atoms with Crippen LogP contribution in [-0.2, 0) is 19.6 Å². The molecule has 3 N–H and O–H groups in total. The number of carbonyl (C=O) groups is 3. The smallest absolute Gasteiger partial charge is 0.258 e. The fraction of sp³-hybridized carbons (Fsp3) is 0.192. The van der Waals surface area contributed by atoms with Gasteiger partial charge < -0.3 is 19.6 Å². The molecule has 198 valence electrons. The molecule has 1 aromatic heterocycles. The van der Waals surface area contributed by atoms with Gasteiger partial charge in [-0.3, -0.25) is 19.3 Å². The quantitative estimate of drug-likeness (QED) is 0.275. The van der Waals surface area contributed by atoms with Crippen molar-refractivity contribution in [3.8, 4) is 0 Å². The SMILES string of the molecule is O=C(CN1CCCC1)N[S-](=O)=Cc1ccc(C(=O)Nc2ccc(Cl)cc2C(=O)Nc2ccc(Cl)cn2)cc1. The molecule has 2 aromatic carbocycles. The second kappa shape index (κ2) is 12.9. The molecule has 2 heterocycles. The van der Waals surface area contributed by atoms with Gasteiger partial charge in [0.05, 0.1) is 22.8 Å². The molecule has 0 aliphatic carbocycles. The first-order chi connectivity index (χ1) is 18.3. The van der Waals surface area contributed by atoms with Crippen molar-refractivity contribution in [2.24, 2.45) is 0 Å². The van der Waals surface area contributed by atoms with Crippen LogP contribution in [0, 0.1) is 0 Å². The number of hydrogen-bond acceptors (Lipinski definition) is 7. The lowest BCUT2D eigenvalue weighted by Gasteiger charge is -2.16. The van der Waals surface area contributed by atoms with E-state index in [0.717, 1.165) is 25.9 Å². The van der Waals surface area contributed by atoms with E-state index in [4.69, 9.17) is 23.2 Å². The largest absolute Gasteiger partial charge is 0.442 e. The minimum atomic E-state index is -1.70. The Balaban J connectivity index is 1.40. The Morgan fingerprint density at radius 1 is 0.921 bits per heavy atom. The Morgan fingerprint density at radius 3 is 2.32 bits per heavy atom. The monoisotopic (exact) mass is 572 g/mol. The molecule has 0 spiro atoms. The van der Waals surface area contributed by atoms with Gasteiger partial charge in [-0.15, -0.1) is 5.37 Å². The number of aromatic nitrogens is 1. The summed E-state index contributed by atoms with van der Waals surface area (Å²) >= 11 is 11.9. The Morgan fingerprint density at radius 2 is 1.63 bits per heavy atom. The molecule has 0 radical (unpaired) electrons.